The van der Waals surface area contributed by atoms with Crippen molar-refractivity contribution < 1.29 is 22.3 Å². The van der Waals surface area contributed by atoms with Crippen LogP contribution in [0.2, 0.25) is 0 Å². The summed E-state index contributed by atoms with van der Waals surface area (Å²) in [7, 11) is 0. The molecule has 9 aromatic carbocycles. The Hall–Kier alpha value is -5.44. The van der Waals surface area contributed by atoms with Crippen LogP contribution in [0, 0.1) is 0 Å². The summed E-state index contributed by atoms with van der Waals surface area (Å²) >= 11 is -2.44. The van der Waals surface area contributed by atoms with Gasteiger partial charge in [0.05, 0.1) is 0 Å². The van der Waals surface area contributed by atoms with Gasteiger partial charge in [0.2, 0.25) is 0 Å². The van der Waals surface area contributed by atoms with Crippen LogP contribution >= 0.6 is 16.8 Å². The topological polar surface area (TPSA) is 17.1 Å². The van der Waals surface area contributed by atoms with Gasteiger partial charge < -0.3 is 0 Å². The first kappa shape index (κ1) is 40.0. The van der Waals surface area contributed by atoms with E-state index in [-0.39, 0.29) is 0 Å². The summed E-state index contributed by atoms with van der Waals surface area (Å²) in [6.07, 6.45) is 0. The molecule has 9 aromatic rings. The molecule has 0 N–H and O–H groups in total. The van der Waals surface area contributed by atoms with E-state index >= 15 is 0 Å². The van der Waals surface area contributed by atoms with E-state index in [1.165, 1.54) is 47.7 Å². The molecular weight excluding hydrogens is 872 g/mol. The summed E-state index contributed by atoms with van der Waals surface area (Å²) in [4.78, 5) is 7.50. The van der Waals surface area contributed by atoms with E-state index in [0.29, 0.717) is 0 Å². The van der Waals surface area contributed by atoms with Crippen LogP contribution in [0.1, 0.15) is 2.97 Å². The van der Waals surface area contributed by atoms with Gasteiger partial charge in [-0.3, -0.25) is 4.79 Å². The molecule has 5 heteroatoms. The van der Waals surface area contributed by atoms with Crippen molar-refractivity contribution in [1.29, 1.82) is 0 Å². The number of benzene rings is 9. The molecule has 60 heavy (non-hydrogen) atoms. The van der Waals surface area contributed by atoms with Crippen LogP contribution in [-0.4, -0.2) is 6.79 Å². The van der Waals surface area contributed by atoms with Crippen LogP contribution < -0.4 is 47.7 Å². The second-order valence-electron chi connectivity index (χ2n) is 14.4. The molecule has 0 aliphatic rings. The van der Waals surface area contributed by atoms with Gasteiger partial charge in [-0.15, -0.1) is 0 Å². The van der Waals surface area contributed by atoms with Crippen LogP contribution in [0.5, 0.6) is 0 Å². The van der Waals surface area contributed by atoms with Gasteiger partial charge in [-0.05, 0) is 0 Å². The molecule has 0 aliphatic heterocycles. The van der Waals surface area contributed by atoms with Crippen molar-refractivity contribution in [3.8, 4) is 0 Å². The fourth-order valence-corrected chi connectivity index (χ4v) is 99.6. The fraction of sp³-hybridized carbons (Fsp3) is 0. The Labute approximate surface area is 364 Å². The van der Waals surface area contributed by atoms with Crippen LogP contribution in [0.4, 0.5) is 0 Å². The first-order valence-corrected chi connectivity index (χ1v) is 33.0. The zero-order valence-corrected chi connectivity index (χ0v) is 37.9. The van der Waals surface area contributed by atoms with E-state index < -0.39 is 31.3 Å². The molecule has 2 radical (unpaired) electrons. The molecule has 0 saturated heterocycles. The molecule has 0 aromatic heterocycles. The van der Waals surface area contributed by atoms with Gasteiger partial charge >= 0.3 is 352 Å². The zero-order chi connectivity index (χ0) is 43.1. The van der Waals surface area contributed by atoms with Gasteiger partial charge in [-0.1, -0.05) is 0 Å². The van der Waals surface area contributed by atoms with Gasteiger partial charge in [-0.25, -0.2) is 0 Å². The Balaban J connectivity index is 0.00000141. The third kappa shape index (κ3) is 7.28. The Morgan fingerprint density at radius 1 is 0.233 bits per heavy atom. The maximum absolute atomic E-state index is 7.50. The molecule has 0 bridgehead atoms. The SMILES string of the molecule is [C]=O.[H][H].c1ccc([PH](c2ccccc2)(c2ccccc2)[Rh]([PH](c2ccccc2)(c2ccccc2)c2ccccc2)[PH](c2ccccc2)(c2ccccc2)c2ccccc2)cc1. The first-order valence-electron chi connectivity index (χ1n) is 21.2. The average Bonchev–Trinajstić information content (AvgIpc) is 3.39. The van der Waals surface area contributed by atoms with Gasteiger partial charge in [0.15, 0.2) is 0 Å². The second-order valence-corrected chi connectivity index (χ2v) is 47.5. The molecule has 0 aliphatic carbocycles. The molecule has 300 valence electrons. The monoisotopic (exact) mass is 922 g/mol. The minimum absolute atomic E-state index is 1.49. The number of hydrogen-bond acceptors (Lipinski definition) is 1. The van der Waals surface area contributed by atoms with Gasteiger partial charge in [0.1, 0.15) is 0 Å². The van der Waals surface area contributed by atoms with Crippen molar-refractivity contribution in [3.63, 3.8) is 0 Å². The number of hydrogen-bond donors (Lipinski definition) is 0. The van der Waals surface area contributed by atoms with Gasteiger partial charge in [-0.2, -0.15) is 0 Å². The maximum atomic E-state index is 7.50. The molecule has 0 spiro atoms. The third-order valence-electron chi connectivity index (χ3n) is 11.2. The molecular formula is C55H50OP3Rh. The molecule has 0 heterocycles. The third-order valence-corrected chi connectivity index (χ3v) is 73.1. The summed E-state index contributed by atoms with van der Waals surface area (Å²) in [6, 6.07) is 106. The second kappa shape index (κ2) is 19.3. The van der Waals surface area contributed by atoms with Crippen molar-refractivity contribution in [2.45, 2.75) is 0 Å². The number of rotatable bonds is 12. The standard InChI is InChI=1S/3C18H15P.CO.Rh.H2/c3*1-4-10-16(11-5-1)19(17-12-6-2-7-13-17)18-14-8-3-9-15-18;1-2;;/h3*1-15H;;;1H/q;;;;-3;/p+3. The Bertz CT molecular complexity index is 2080. The Kier molecular flexibility index (Phi) is 12.9. The fourth-order valence-electron chi connectivity index (χ4n) is 8.87. The molecule has 0 saturated carbocycles. The van der Waals surface area contributed by atoms with Crippen molar-refractivity contribution in [1.82, 2.24) is 0 Å². The quantitative estimate of drug-likeness (QED) is 0.0883. The van der Waals surface area contributed by atoms with Crippen molar-refractivity contribution in [2.24, 2.45) is 0 Å². The van der Waals surface area contributed by atoms with Crippen LogP contribution in [0.3, 0.4) is 0 Å². The predicted molar refractivity (Wildman–Crippen MR) is 267 cm³/mol. The molecule has 9 rings (SSSR count). The van der Waals surface area contributed by atoms with E-state index in [1.807, 2.05) is 0 Å². The molecule has 0 fully saturated rings. The van der Waals surface area contributed by atoms with Crippen molar-refractivity contribution >= 4 is 71.3 Å². The first-order chi connectivity index (χ1) is 30.8. The van der Waals surface area contributed by atoms with Crippen LogP contribution in [-0.2, 0) is 19.3 Å². The Morgan fingerprint density at radius 3 is 0.433 bits per heavy atom. The normalized spacial score (nSPS) is 12.7. The van der Waals surface area contributed by atoms with Gasteiger partial charge in [0.25, 0.3) is 6.79 Å². The van der Waals surface area contributed by atoms with E-state index in [9.17, 15) is 0 Å². The Morgan fingerprint density at radius 2 is 0.333 bits per heavy atom. The van der Waals surface area contributed by atoms with Crippen LogP contribution in [0.25, 0.3) is 0 Å². The van der Waals surface area contributed by atoms with E-state index in [0.717, 1.165) is 0 Å². The summed E-state index contributed by atoms with van der Waals surface area (Å²) < 4.78 is 10.0. The molecule has 0 amide bonds. The van der Waals surface area contributed by atoms with E-state index in [2.05, 4.69) is 280 Å². The van der Waals surface area contributed by atoms with Crippen LogP contribution in [0.15, 0.2) is 273 Å². The summed E-state index contributed by atoms with van der Waals surface area (Å²) in [6.45, 7) is 4.50. The van der Waals surface area contributed by atoms with Crippen molar-refractivity contribution in [3.05, 3.63) is 273 Å². The molecule has 0 atom stereocenters. The minimum atomic E-state index is -3.17. The summed E-state index contributed by atoms with van der Waals surface area (Å²) in [5, 5.41) is 13.4. The summed E-state index contributed by atoms with van der Waals surface area (Å²) in [5.41, 5.74) is -9.50. The molecule has 0 unspecified atom stereocenters. The summed E-state index contributed by atoms with van der Waals surface area (Å²) in [5.74, 6) is 0. The van der Waals surface area contributed by atoms with E-state index in [1.54, 1.807) is 0 Å². The van der Waals surface area contributed by atoms with Gasteiger partial charge in [0, 0.05) is 2.97 Å². The van der Waals surface area contributed by atoms with E-state index in [4.69, 9.17) is 7.76 Å². The zero-order valence-electron chi connectivity index (χ0n) is 35.2. The average molecular weight is 923 g/mol. The van der Waals surface area contributed by atoms with Crippen molar-refractivity contribution in [2.75, 3.05) is 0 Å². The number of carbonyl (C=O) groups excluding carboxylic acids is 1. The predicted octanol–water partition coefficient (Wildman–Crippen LogP) is 9.38. The molecule has 1 nitrogen and oxygen atoms in total.